The quantitative estimate of drug-likeness (QED) is 0.297. The van der Waals surface area contributed by atoms with Gasteiger partial charge in [-0.1, -0.05) is 35.6 Å². The van der Waals surface area contributed by atoms with Crippen LogP contribution in [-0.2, 0) is 11.3 Å². The number of para-hydroxylation sites is 1. The highest BCUT2D eigenvalue weighted by Crippen LogP contribution is 2.34. The van der Waals surface area contributed by atoms with E-state index in [2.05, 4.69) is 26.3 Å². The zero-order valence-electron chi connectivity index (χ0n) is 20.3. The van der Waals surface area contributed by atoms with Crippen molar-refractivity contribution in [2.45, 2.75) is 13.5 Å². The van der Waals surface area contributed by atoms with Gasteiger partial charge in [-0.25, -0.2) is 15.0 Å². The second-order valence-electron chi connectivity index (χ2n) is 8.91. The molecule has 1 saturated heterocycles. The number of aryl methyl sites for hydroxylation is 1. The summed E-state index contributed by atoms with van der Waals surface area (Å²) < 4.78 is 5.45. The van der Waals surface area contributed by atoms with Gasteiger partial charge >= 0.3 is 0 Å². The highest BCUT2D eigenvalue weighted by atomic mass is 32.1. The highest BCUT2D eigenvalue weighted by Gasteiger charge is 2.16. The Morgan fingerprint density at radius 1 is 1.08 bits per heavy atom. The summed E-state index contributed by atoms with van der Waals surface area (Å²) in [7, 11) is 0. The first-order valence-corrected chi connectivity index (χ1v) is 13.8. The molecule has 0 radical (unpaired) electrons. The largest absolute Gasteiger partial charge is 0.379 e. The maximum atomic E-state index is 13.2. The summed E-state index contributed by atoms with van der Waals surface area (Å²) in [5, 5.41) is 6.92. The summed E-state index contributed by atoms with van der Waals surface area (Å²) in [6.45, 7) is 6.22. The van der Waals surface area contributed by atoms with Crippen molar-refractivity contribution in [3.63, 3.8) is 0 Å². The number of rotatable bonds is 6. The van der Waals surface area contributed by atoms with Gasteiger partial charge in [0, 0.05) is 47.9 Å². The zero-order chi connectivity index (χ0) is 25.2. The number of nitrogens with one attached hydrogen (secondary N) is 1. The zero-order valence-corrected chi connectivity index (χ0v) is 21.9. The summed E-state index contributed by atoms with van der Waals surface area (Å²) in [5.74, 6) is -0.173. The number of nitrogens with zero attached hydrogens (tertiary/aromatic N) is 4. The van der Waals surface area contributed by atoms with Crippen LogP contribution in [0.25, 0.3) is 32.2 Å². The summed E-state index contributed by atoms with van der Waals surface area (Å²) in [6.07, 6.45) is 1.93. The van der Waals surface area contributed by atoms with Crippen molar-refractivity contribution in [3.8, 4) is 21.8 Å². The third kappa shape index (κ3) is 5.30. The van der Waals surface area contributed by atoms with E-state index in [1.54, 1.807) is 11.3 Å². The number of hydrogen-bond donors (Lipinski definition) is 1. The lowest BCUT2D eigenvalue weighted by Gasteiger charge is -2.26. The third-order valence-corrected chi connectivity index (χ3v) is 8.05. The summed E-state index contributed by atoms with van der Waals surface area (Å²) in [6, 6.07) is 17.4. The van der Waals surface area contributed by atoms with Crippen LogP contribution in [0.1, 0.15) is 20.9 Å². The molecule has 0 saturated carbocycles. The fraction of sp³-hybridized carbons (Fsp3) is 0.214. The average Bonchev–Trinajstić information content (AvgIpc) is 3.55. The van der Waals surface area contributed by atoms with E-state index in [0.29, 0.717) is 5.56 Å². The van der Waals surface area contributed by atoms with E-state index in [1.165, 1.54) is 11.3 Å². The summed E-state index contributed by atoms with van der Waals surface area (Å²) in [4.78, 5) is 30.6. The van der Waals surface area contributed by atoms with E-state index < -0.39 is 0 Å². The minimum atomic E-state index is -0.173. The molecule has 1 aliphatic heterocycles. The van der Waals surface area contributed by atoms with Crippen molar-refractivity contribution in [1.29, 1.82) is 0 Å². The van der Waals surface area contributed by atoms with Gasteiger partial charge in [-0.3, -0.25) is 9.69 Å². The molecule has 2 aromatic carbocycles. The van der Waals surface area contributed by atoms with E-state index in [0.717, 1.165) is 81.3 Å². The number of carbonyl (C=O) groups excluding carboxylic acids is 1. The van der Waals surface area contributed by atoms with Gasteiger partial charge in [0.2, 0.25) is 0 Å². The number of hydrogen-bond acceptors (Lipinski definition) is 8. The molecule has 0 unspecified atom stereocenters. The second kappa shape index (κ2) is 10.5. The van der Waals surface area contributed by atoms with Crippen molar-refractivity contribution >= 4 is 44.6 Å². The van der Waals surface area contributed by atoms with Gasteiger partial charge in [0.25, 0.3) is 5.91 Å². The van der Waals surface area contributed by atoms with Crippen LogP contribution in [0.15, 0.2) is 66.2 Å². The fourth-order valence-electron chi connectivity index (χ4n) is 4.37. The Bertz CT molecular complexity index is 1570. The van der Waals surface area contributed by atoms with Crippen LogP contribution in [-0.4, -0.2) is 52.1 Å². The molecule has 5 aromatic rings. The van der Waals surface area contributed by atoms with Crippen LogP contribution in [0.3, 0.4) is 0 Å². The number of anilines is 1. The number of amides is 1. The van der Waals surface area contributed by atoms with Gasteiger partial charge in [-0.05, 0) is 42.8 Å². The predicted octanol–water partition coefficient (Wildman–Crippen LogP) is 5.87. The van der Waals surface area contributed by atoms with Gasteiger partial charge < -0.3 is 10.1 Å². The number of benzene rings is 2. The molecule has 1 aliphatic rings. The Kier molecular flexibility index (Phi) is 6.75. The molecular weight excluding hydrogens is 502 g/mol. The van der Waals surface area contributed by atoms with Crippen LogP contribution in [0, 0.1) is 6.92 Å². The monoisotopic (exact) mass is 527 g/mol. The first kappa shape index (κ1) is 23.9. The Morgan fingerprint density at radius 3 is 2.78 bits per heavy atom. The summed E-state index contributed by atoms with van der Waals surface area (Å²) >= 11 is 3.13. The predicted molar refractivity (Wildman–Crippen MR) is 149 cm³/mol. The van der Waals surface area contributed by atoms with Crippen LogP contribution in [0.4, 0.5) is 5.69 Å². The van der Waals surface area contributed by atoms with Gasteiger partial charge in [-0.15, -0.1) is 11.3 Å². The molecule has 1 fully saturated rings. The van der Waals surface area contributed by atoms with Crippen LogP contribution in [0.5, 0.6) is 0 Å². The molecule has 4 heterocycles. The fourth-order valence-corrected chi connectivity index (χ4v) is 5.92. The first-order chi connectivity index (χ1) is 18.1. The minimum absolute atomic E-state index is 0.173. The van der Waals surface area contributed by atoms with E-state index in [9.17, 15) is 4.79 Å². The second-order valence-corrected chi connectivity index (χ2v) is 10.9. The molecule has 37 heavy (non-hydrogen) atoms. The Labute approximate surface area is 222 Å². The molecule has 0 bridgehead atoms. The minimum Gasteiger partial charge on any atom is -0.379 e. The molecule has 0 aliphatic carbocycles. The lowest BCUT2D eigenvalue weighted by atomic mass is 10.1. The van der Waals surface area contributed by atoms with Crippen LogP contribution in [0.2, 0.25) is 0 Å². The van der Waals surface area contributed by atoms with Gasteiger partial charge in [-0.2, -0.15) is 0 Å². The van der Waals surface area contributed by atoms with Gasteiger partial charge in [0.05, 0.1) is 29.6 Å². The van der Waals surface area contributed by atoms with Crippen LogP contribution < -0.4 is 5.32 Å². The maximum Gasteiger partial charge on any atom is 0.255 e. The molecule has 9 heteroatoms. The molecule has 7 nitrogen and oxygen atoms in total. The molecule has 186 valence electrons. The normalized spacial score (nSPS) is 14.2. The molecule has 0 atom stereocenters. The molecule has 6 rings (SSSR count). The van der Waals surface area contributed by atoms with Crippen LogP contribution >= 0.6 is 22.7 Å². The number of pyridine rings is 1. The van der Waals surface area contributed by atoms with Gasteiger partial charge in [0.15, 0.2) is 0 Å². The van der Waals surface area contributed by atoms with Crippen molar-refractivity contribution in [2.75, 3.05) is 31.6 Å². The topological polar surface area (TPSA) is 80.2 Å². The van der Waals surface area contributed by atoms with Crippen molar-refractivity contribution < 1.29 is 9.53 Å². The van der Waals surface area contributed by atoms with Gasteiger partial charge in [0.1, 0.15) is 15.4 Å². The number of ether oxygens (including phenoxy) is 1. The molecule has 1 amide bonds. The number of aromatic nitrogens is 3. The highest BCUT2D eigenvalue weighted by molar-refractivity contribution is 7.21. The van der Waals surface area contributed by atoms with Crippen molar-refractivity contribution in [1.82, 2.24) is 19.9 Å². The Hall–Kier alpha value is -3.50. The SMILES string of the molecule is Cc1nc(-c2cccc(C(=O)Nc3ccccc3-c3nc4cc(CN5CCOCC5)cnc4s3)c2)cs1. The van der Waals surface area contributed by atoms with Crippen molar-refractivity contribution in [3.05, 3.63) is 82.3 Å². The first-order valence-electron chi connectivity index (χ1n) is 12.1. The standard InChI is InChI=1S/C28H25N5O2S2/c1-18-30-25(17-36-18)20-5-4-6-21(14-20)26(34)31-23-8-3-2-7-22(23)27-32-24-13-19(15-29-28(24)37-27)16-33-9-11-35-12-10-33/h2-8,13-15,17H,9-12,16H2,1H3,(H,31,34). The molecular formula is C28H25N5O2S2. The molecule has 1 N–H and O–H groups in total. The number of morpholine rings is 1. The number of fused-ring (bicyclic) bond motifs is 1. The smallest absolute Gasteiger partial charge is 0.255 e. The number of carbonyl (C=O) groups is 1. The maximum absolute atomic E-state index is 13.2. The Morgan fingerprint density at radius 2 is 1.95 bits per heavy atom. The molecule has 3 aromatic heterocycles. The summed E-state index contributed by atoms with van der Waals surface area (Å²) in [5.41, 5.74) is 6.00. The van der Waals surface area contributed by atoms with Crippen molar-refractivity contribution in [2.24, 2.45) is 0 Å². The third-order valence-electron chi connectivity index (χ3n) is 6.26. The average molecular weight is 528 g/mol. The van der Waals surface area contributed by atoms with E-state index in [4.69, 9.17) is 9.72 Å². The molecule has 0 spiro atoms. The van der Waals surface area contributed by atoms with E-state index >= 15 is 0 Å². The number of thiazole rings is 2. The van der Waals surface area contributed by atoms with E-state index in [1.807, 2.05) is 67.0 Å². The Balaban J connectivity index is 1.24. The lowest BCUT2D eigenvalue weighted by molar-refractivity contribution is 0.0341. The van der Waals surface area contributed by atoms with E-state index in [-0.39, 0.29) is 5.91 Å². The lowest BCUT2D eigenvalue weighted by Crippen LogP contribution is -2.35.